The van der Waals surface area contributed by atoms with Gasteiger partial charge in [0, 0.05) is 7.05 Å². The average molecular weight is 212 g/mol. The summed E-state index contributed by atoms with van der Waals surface area (Å²) in [5.41, 5.74) is 7.97. The van der Waals surface area contributed by atoms with Crippen molar-refractivity contribution in [2.45, 2.75) is 6.92 Å². The number of hydrogen-bond donors (Lipinski definition) is 2. The van der Waals surface area contributed by atoms with Crippen LogP contribution < -0.4 is 5.73 Å². The normalized spacial score (nSPS) is 10.8. The summed E-state index contributed by atoms with van der Waals surface area (Å²) in [6.07, 6.45) is 1.64. The number of anilines is 1. The van der Waals surface area contributed by atoms with E-state index in [2.05, 4.69) is 15.1 Å². The van der Waals surface area contributed by atoms with Crippen molar-refractivity contribution in [2.75, 3.05) is 5.73 Å². The molecule has 0 radical (unpaired) electrons. The van der Waals surface area contributed by atoms with Gasteiger partial charge in [0.2, 0.25) is 0 Å². The lowest BCUT2D eigenvalue weighted by Crippen LogP contribution is -1.89. The fraction of sp³-hybridized carbons (Fsp3) is 0.250. The molecule has 0 aromatic carbocycles. The predicted octanol–water partition coefficient (Wildman–Crippen LogP) is 1.35. The smallest absolute Gasteiger partial charge is 0.197 e. The van der Waals surface area contributed by atoms with E-state index in [0.29, 0.717) is 11.1 Å². The van der Waals surface area contributed by atoms with Gasteiger partial charge in [0.15, 0.2) is 5.95 Å². The van der Waals surface area contributed by atoms with Gasteiger partial charge in [-0.3, -0.25) is 4.68 Å². The van der Waals surface area contributed by atoms with Gasteiger partial charge in [-0.15, -0.1) is 0 Å². The molecule has 0 bridgehead atoms. The Labute approximate surface area is 85.9 Å². The van der Waals surface area contributed by atoms with Crippen molar-refractivity contribution in [2.24, 2.45) is 7.05 Å². The number of nitrogens with two attached hydrogens (primary N) is 1. The van der Waals surface area contributed by atoms with Gasteiger partial charge in [0.1, 0.15) is 5.15 Å². The van der Waals surface area contributed by atoms with Crippen molar-refractivity contribution in [3.63, 3.8) is 0 Å². The topological polar surface area (TPSA) is 72.5 Å². The van der Waals surface area contributed by atoms with E-state index in [4.69, 9.17) is 17.3 Å². The third-order valence-electron chi connectivity index (χ3n) is 2.02. The van der Waals surface area contributed by atoms with E-state index in [1.807, 2.05) is 6.92 Å². The van der Waals surface area contributed by atoms with E-state index < -0.39 is 0 Å². The lowest BCUT2D eigenvalue weighted by atomic mass is 10.2. The average Bonchev–Trinajstić information content (AvgIpc) is 2.60. The highest BCUT2D eigenvalue weighted by Gasteiger charge is 2.14. The van der Waals surface area contributed by atoms with Gasteiger partial charge < -0.3 is 10.7 Å². The minimum absolute atomic E-state index is 0.374. The molecule has 0 saturated carbocycles. The highest BCUT2D eigenvalue weighted by atomic mass is 35.5. The van der Waals surface area contributed by atoms with Gasteiger partial charge in [-0.25, -0.2) is 4.98 Å². The Balaban J connectivity index is 2.61. The van der Waals surface area contributed by atoms with Crippen LogP contribution in [0.15, 0.2) is 6.20 Å². The second-order valence-corrected chi connectivity index (χ2v) is 3.41. The lowest BCUT2D eigenvalue weighted by Gasteiger charge is -1.95. The van der Waals surface area contributed by atoms with Crippen molar-refractivity contribution in [3.8, 4) is 11.3 Å². The minimum atomic E-state index is 0.374. The van der Waals surface area contributed by atoms with Gasteiger partial charge in [0.25, 0.3) is 0 Å². The van der Waals surface area contributed by atoms with Crippen LogP contribution in [0.25, 0.3) is 11.3 Å². The summed E-state index contributed by atoms with van der Waals surface area (Å²) in [5, 5.41) is 4.77. The van der Waals surface area contributed by atoms with Gasteiger partial charge >= 0.3 is 0 Å². The van der Waals surface area contributed by atoms with E-state index in [1.165, 1.54) is 0 Å². The van der Waals surface area contributed by atoms with Crippen LogP contribution in [0.5, 0.6) is 0 Å². The molecule has 0 saturated heterocycles. The van der Waals surface area contributed by atoms with Gasteiger partial charge in [-0.2, -0.15) is 5.10 Å². The fourth-order valence-corrected chi connectivity index (χ4v) is 1.68. The third-order valence-corrected chi connectivity index (χ3v) is 2.45. The van der Waals surface area contributed by atoms with Crippen molar-refractivity contribution in [1.29, 1.82) is 0 Å². The number of hydrogen-bond acceptors (Lipinski definition) is 3. The monoisotopic (exact) mass is 211 g/mol. The molecule has 0 aliphatic carbocycles. The molecule has 2 heterocycles. The Bertz CT molecular complexity index is 470. The van der Waals surface area contributed by atoms with E-state index in [1.54, 1.807) is 17.9 Å². The predicted molar refractivity (Wildman–Crippen MR) is 54.9 cm³/mol. The van der Waals surface area contributed by atoms with E-state index >= 15 is 0 Å². The molecule has 5 nitrogen and oxygen atoms in total. The fourth-order valence-electron chi connectivity index (χ4n) is 1.40. The molecule has 6 heteroatoms. The number of nitrogen functional groups attached to an aromatic ring is 1. The molecular formula is C8H10ClN5. The Morgan fingerprint density at radius 1 is 1.57 bits per heavy atom. The van der Waals surface area contributed by atoms with Crippen LogP contribution in [0.3, 0.4) is 0 Å². The standard InChI is InChI=1S/C8H10ClN5/c1-4-6(7(9)14(2)13-4)5-3-11-8(10)12-5/h3H,1-2H3,(H3,10,11,12). The van der Waals surface area contributed by atoms with Crippen molar-refractivity contribution >= 4 is 17.5 Å². The number of H-pyrrole nitrogens is 1. The summed E-state index contributed by atoms with van der Waals surface area (Å²) in [6, 6.07) is 0. The molecule has 0 spiro atoms. The maximum atomic E-state index is 6.07. The second-order valence-electron chi connectivity index (χ2n) is 3.06. The van der Waals surface area contributed by atoms with Gasteiger partial charge in [-0.1, -0.05) is 11.6 Å². The number of nitrogens with one attached hydrogen (secondary N) is 1. The summed E-state index contributed by atoms with van der Waals surface area (Å²) in [4.78, 5) is 6.83. The number of aromatic amines is 1. The van der Waals surface area contributed by atoms with Crippen LogP contribution in [-0.4, -0.2) is 19.7 Å². The molecule has 74 valence electrons. The molecule has 0 aliphatic rings. The zero-order chi connectivity index (χ0) is 10.3. The number of aryl methyl sites for hydroxylation is 2. The van der Waals surface area contributed by atoms with Crippen LogP contribution in [0.2, 0.25) is 5.15 Å². The summed E-state index contributed by atoms with van der Waals surface area (Å²) < 4.78 is 1.61. The zero-order valence-electron chi connectivity index (χ0n) is 7.87. The number of halogens is 1. The molecule has 0 aliphatic heterocycles. The molecule has 0 fully saturated rings. The van der Waals surface area contributed by atoms with Crippen LogP contribution in [0.1, 0.15) is 5.69 Å². The van der Waals surface area contributed by atoms with Crippen molar-refractivity contribution in [3.05, 3.63) is 17.0 Å². The van der Waals surface area contributed by atoms with Crippen LogP contribution in [0.4, 0.5) is 5.95 Å². The molecule has 2 aromatic rings. The molecule has 0 amide bonds. The highest BCUT2D eigenvalue weighted by molar-refractivity contribution is 6.32. The quantitative estimate of drug-likeness (QED) is 0.748. The van der Waals surface area contributed by atoms with Crippen LogP contribution in [-0.2, 0) is 7.05 Å². The van der Waals surface area contributed by atoms with E-state index in [9.17, 15) is 0 Å². The number of rotatable bonds is 1. The van der Waals surface area contributed by atoms with Crippen LogP contribution in [0, 0.1) is 6.92 Å². The third kappa shape index (κ3) is 1.26. The first-order valence-electron chi connectivity index (χ1n) is 4.09. The SMILES string of the molecule is Cc1nn(C)c(Cl)c1-c1cnc(N)[nH]1. The van der Waals surface area contributed by atoms with Gasteiger partial charge in [0.05, 0.1) is 23.1 Å². The Hall–Kier alpha value is -1.49. The molecule has 0 atom stereocenters. The largest absolute Gasteiger partial charge is 0.369 e. The number of imidazole rings is 1. The van der Waals surface area contributed by atoms with Gasteiger partial charge in [-0.05, 0) is 6.92 Å². The molecule has 2 aromatic heterocycles. The van der Waals surface area contributed by atoms with Crippen molar-refractivity contribution < 1.29 is 0 Å². The lowest BCUT2D eigenvalue weighted by molar-refractivity contribution is 0.757. The Kier molecular flexibility index (Phi) is 1.96. The van der Waals surface area contributed by atoms with E-state index in [0.717, 1.165) is 17.0 Å². The number of aromatic nitrogens is 4. The highest BCUT2D eigenvalue weighted by Crippen LogP contribution is 2.29. The van der Waals surface area contributed by atoms with E-state index in [-0.39, 0.29) is 0 Å². The molecular weight excluding hydrogens is 202 g/mol. The molecule has 14 heavy (non-hydrogen) atoms. The first-order valence-corrected chi connectivity index (χ1v) is 4.47. The van der Waals surface area contributed by atoms with Crippen molar-refractivity contribution in [1.82, 2.24) is 19.7 Å². The maximum absolute atomic E-state index is 6.07. The number of nitrogens with zero attached hydrogens (tertiary/aromatic N) is 3. The molecule has 3 N–H and O–H groups in total. The summed E-state index contributed by atoms with van der Waals surface area (Å²) >= 11 is 6.07. The summed E-state index contributed by atoms with van der Waals surface area (Å²) in [7, 11) is 1.79. The molecule has 2 rings (SSSR count). The Morgan fingerprint density at radius 3 is 2.71 bits per heavy atom. The summed E-state index contributed by atoms with van der Waals surface area (Å²) in [6.45, 7) is 1.89. The zero-order valence-corrected chi connectivity index (χ0v) is 8.63. The molecule has 0 unspecified atom stereocenters. The summed E-state index contributed by atoms with van der Waals surface area (Å²) in [5.74, 6) is 0.374. The minimum Gasteiger partial charge on any atom is -0.369 e. The Morgan fingerprint density at radius 2 is 2.29 bits per heavy atom. The first kappa shape index (κ1) is 9.08. The maximum Gasteiger partial charge on any atom is 0.197 e. The van der Waals surface area contributed by atoms with Crippen LogP contribution >= 0.6 is 11.6 Å². The second kappa shape index (κ2) is 3.02. The first-order chi connectivity index (χ1) is 6.59.